The molecule has 77 heavy (non-hydrogen) atoms. The van der Waals surface area contributed by atoms with Crippen molar-refractivity contribution in [3.8, 4) is 0 Å². The van der Waals surface area contributed by atoms with Crippen LogP contribution in [0.15, 0.2) is 12.2 Å². The third-order valence-electron chi connectivity index (χ3n) is 20.9. The lowest BCUT2D eigenvalue weighted by atomic mass is 9.77. The van der Waals surface area contributed by atoms with Gasteiger partial charge < -0.3 is 9.47 Å². The molecule has 0 aromatic carbocycles. The predicted octanol–water partition coefficient (Wildman–Crippen LogP) is 26.1. The van der Waals surface area contributed by atoms with Crippen LogP contribution < -0.4 is 0 Å². The minimum absolute atomic E-state index is 0.205. The number of rotatable bonds is 24. The predicted molar refractivity (Wildman–Crippen MR) is 350 cm³/mol. The normalized spacial score (nSPS) is 29.1. The van der Waals surface area contributed by atoms with Crippen molar-refractivity contribution in [3.05, 3.63) is 12.2 Å². The molecule has 6 fully saturated rings. The summed E-state index contributed by atoms with van der Waals surface area (Å²) in [6.45, 7) is 45.3. The van der Waals surface area contributed by atoms with Crippen molar-refractivity contribution >= 4 is 0 Å². The lowest BCUT2D eigenvalue weighted by molar-refractivity contribution is -0.167. The number of ether oxygens (including phenoxy) is 2. The molecule has 2 nitrogen and oxygen atoms in total. The topological polar surface area (TPSA) is 18.5 Å². The first-order valence-electron chi connectivity index (χ1n) is 36.1. The molecule has 0 aromatic rings. The fraction of sp³-hybridized carbons (Fsp3) is 0.973. The van der Waals surface area contributed by atoms with Crippen LogP contribution in [0.1, 0.15) is 369 Å². The second-order valence-electron chi connectivity index (χ2n) is 27.3. The van der Waals surface area contributed by atoms with Crippen LogP contribution in [0.25, 0.3) is 0 Å². The SMILES string of the molecule is CCCC(C)(C)CCC.CCCC(C)CCC.CCCC1(CCC)OCCO1.CCCCCCC.CC[C@@H]1CCCC[C@@H]1CC.CC[C@H]1C2C=CC(C2)[C@@H]1CC.CC[C@H]1C2CCC(C2)[C@@H]1CC.CC[C@H]1CCCC[C@@H]1CC. The van der Waals surface area contributed by atoms with E-state index in [2.05, 4.69) is 144 Å². The zero-order chi connectivity index (χ0) is 57.9. The number of hydrogen-bond acceptors (Lipinski definition) is 2. The van der Waals surface area contributed by atoms with Crippen LogP contribution >= 0.6 is 0 Å². The van der Waals surface area contributed by atoms with Gasteiger partial charge in [-0.15, -0.1) is 0 Å². The van der Waals surface area contributed by atoms with E-state index in [1.807, 2.05) is 0 Å². The van der Waals surface area contributed by atoms with Crippen LogP contribution in [0.2, 0.25) is 0 Å². The molecule has 0 N–H and O–H groups in total. The Morgan fingerprint density at radius 3 is 1.03 bits per heavy atom. The van der Waals surface area contributed by atoms with Crippen molar-refractivity contribution in [2.75, 3.05) is 13.2 Å². The summed E-state index contributed by atoms with van der Waals surface area (Å²) in [5, 5.41) is 0. The average Bonchev–Trinajstić information content (AvgIpc) is 4.32. The maximum absolute atomic E-state index is 5.60. The molecule has 0 amide bonds. The summed E-state index contributed by atoms with van der Waals surface area (Å²) in [7, 11) is 0. The van der Waals surface area contributed by atoms with Crippen molar-refractivity contribution in [2.45, 2.75) is 375 Å². The molecule has 0 aromatic heterocycles. The van der Waals surface area contributed by atoms with Crippen molar-refractivity contribution in [1.82, 2.24) is 0 Å². The number of unbranched alkanes of at least 4 members (excludes halogenated alkanes) is 4. The largest absolute Gasteiger partial charge is 0.348 e. The van der Waals surface area contributed by atoms with E-state index in [0.29, 0.717) is 5.41 Å². The van der Waals surface area contributed by atoms with E-state index < -0.39 is 0 Å². The first-order valence-corrected chi connectivity index (χ1v) is 36.1. The van der Waals surface area contributed by atoms with Gasteiger partial charge in [-0.05, 0) is 121 Å². The fourth-order valence-electron chi connectivity index (χ4n) is 16.7. The summed E-state index contributed by atoms with van der Waals surface area (Å²) < 4.78 is 11.2. The summed E-state index contributed by atoms with van der Waals surface area (Å²) in [6, 6.07) is 0. The van der Waals surface area contributed by atoms with E-state index in [9.17, 15) is 0 Å². The summed E-state index contributed by atoms with van der Waals surface area (Å²) in [5.74, 6) is 13.5. The minimum atomic E-state index is -0.205. The van der Waals surface area contributed by atoms with Gasteiger partial charge in [0.05, 0.1) is 13.2 Å². The Hall–Kier alpha value is -0.340. The van der Waals surface area contributed by atoms with E-state index in [1.165, 1.54) is 193 Å². The standard InChI is InChI=1S/C11H20.C11H18.2C10H20.C9H18O2.C9H20.C8H18.C7H16/c2*1-3-10-8-5-6-9(7-8)11(10)4-2;2*1-3-9-7-5-6-8-10(9)4-2;1-3-5-9(6-4-2)10-7-8-11-9;1-5-7-9(3,4)8-6-2;1-4-6-8(3)7-5-2;1-3-5-7-6-4-2/h8-11H,3-7H2,1-2H3;5-6,8-11H,3-4,7H2,1-2H3;2*9-10H,3-8H2,1-2H3;3-8H2,1-2H3;5-8H2,1-4H3;8H,4-7H2,1-3H3;3-7H2,1-2H3/t2*8?,9?,10-,11-;9-,10+;9-,10-;;;;/m00.0..../s1. The van der Waals surface area contributed by atoms with Gasteiger partial charge >= 0.3 is 0 Å². The van der Waals surface area contributed by atoms with E-state index in [1.54, 1.807) is 19.3 Å². The number of allylic oxidation sites excluding steroid dienone is 2. The summed E-state index contributed by atoms with van der Waals surface area (Å²) in [6.07, 6.45) is 56.7. The Kier molecular flexibility index (Phi) is 47.9. The van der Waals surface area contributed by atoms with Crippen LogP contribution in [-0.4, -0.2) is 19.0 Å². The van der Waals surface area contributed by atoms with Gasteiger partial charge in [0.15, 0.2) is 5.79 Å². The van der Waals surface area contributed by atoms with Gasteiger partial charge in [0.2, 0.25) is 0 Å². The Morgan fingerprint density at radius 1 is 0.403 bits per heavy atom. The molecule has 7 aliphatic rings. The molecule has 0 radical (unpaired) electrons. The summed E-state index contributed by atoms with van der Waals surface area (Å²) in [4.78, 5) is 0. The lowest BCUT2D eigenvalue weighted by Gasteiger charge is -2.29. The van der Waals surface area contributed by atoms with E-state index in [4.69, 9.17) is 9.47 Å². The Bertz CT molecular complexity index is 1170. The number of hydrogen-bond donors (Lipinski definition) is 0. The average molecular weight is 1080 g/mol. The smallest absolute Gasteiger partial charge is 0.168 e. The van der Waals surface area contributed by atoms with Gasteiger partial charge in [-0.3, -0.25) is 0 Å². The van der Waals surface area contributed by atoms with Gasteiger partial charge in [-0.25, -0.2) is 0 Å². The highest BCUT2D eigenvalue weighted by Gasteiger charge is 2.45. The minimum Gasteiger partial charge on any atom is -0.348 e. The van der Waals surface area contributed by atoms with Crippen LogP contribution in [0.3, 0.4) is 0 Å². The summed E-state index contributed by atoms with van der Waals surface area (Å²) >= 11 is 0. The van der Waals surface area contributed by atoms with Gasteiger partial charge in [0.25, 0.3) is 0 Å². The highest BCUT2D eigenvalue weighted by Crippen LogP contribution is 2.54. The van der Waals surface area contributed by atoms with Crippen molar-refractivity contribution in [2.24, 2.45) is 82.3 Å². The molecule has 462 valence electrons. The molecule has 1 aliphatic heterocycles. The van der Waals surface area contributed by atoms with E-state index in [0.717, 1.165) is 116 Å². The van der Waals surface area contributed by atoms with E-state index in [-0.39, 0.29) is 5.79 Å². The van der Waals surface area contributed by atoms with Gasteiger partial charge in [0, 0.05) is 12.8 Å². The second kappa shape index (κ2) is 48.1. The molecule has 5 saturated carbocycles. The monoisotopic (exact) mass is 1080 g/mol. The zero-order valence-electron chi connectivity index (χ0n) is 57.1. The van der Waals surface area contributed by atoms with Gasteiger partial charge in [-0.2, -0.15) is 0 Å². The second-order valence-corrected chi connectivity index (χ2v) is 27.3. The van der Waals surface area contributed by atoms with Crippen LogP contribution in [0.5, 0.6) is 0 Å². The molecule has 1 heterocycles. The molecule has 2 heteroatoms. The third kappa shape index (κ3) is 31.2. The molecule has 6 aliphatic carbocycles. The van der Waals surface area contributed by atoms with Crippen LogP contribution in [0.4, 0.5) is 0 Å². The Balaban J connectivity index is 0.000000862. The molecule has 0 spiro atoms. The fourth-order valence-corrected chi connectivity index (χ4v) is 16.7. The molecule has 4 bridgehead atoms. The van der Waals surface area contributed by atoms with Crippen LogP contribution in [-0.2, 0) is 9.47 Å². The molecular formula is C75H150O2. The van der Waals surface area contributed by atoms with Crippen molar-refractivity contribution in [1.29, 1.82) is 0 Å². The van der Waals surface area contributed by atoms with Crippen molar-refractivity contribution < 1.29 is 9.47 Å². The molecule has 1 saturated heterocycles. The number of fused-ring (bicyclic) bond motifs is 4. The first kappa shape index (κ1) is 76.7. The Morgan fingerprint density at radius 2 is 0.753 bits per heavy atom. The first-order chi connectivity index (χ1) is 37.2. The molecule has 12 atom stereocenters. The highest BCUT2D eigenvalue weighted by atomic mass is 16.7. The van der Waals surface area contributed by atoms with Crippen LogP contribution in [0, 0.1) is 82.3 Å². The quantitative estimate of drug-likeness (QED) is 0.0708. The van der Waals surface area contributed by atoms with Crippen molar-refractivity contribution in [3.63, 3.8) is 0 Å². The maximum atomic E-state index is 5.60. The molecule has 4 unspecified atom stereocenters. The Labute approximate surface area is 489 Å². The van der Waals surface area contributed by atoms with Gasteiger partial charge in [0.1, 0.15) is 0 Å². The zero-order valence-corrected chi connectivity index (χ0v) is 57.1. The summed E-state index contributed by atoms with van der Waals surface area (Å²) in [5.41, 5.74) is 0.601. The molecule has 7 rings (SSSR count). The van der Waals surface area contributed by atoms with Gasteiger partial charge in [-0.1, -0.05) is 330 Å². The van der Waals surface area contributed by atoms with E-state index >= 15 is 0 Å². The maximum Gasteiger partial charge on any atom is 0.168 e. The highest BCUT2D eigenvalue weighted by molar-refractivity contribution is 5.13. The molecular weight excluding hydrogens is 933 g/mol. The third-order valence-corrected chi connectivity index (χ3v) is 20.9. The lowest BCUT2D eigenvalue weighted by Crippen LogP contribution is -2.29.